The van der Waals surface area contributed by atoms with E-state index in [1.165, 1.54) is 12.0 Å². The fourth-order valence-corrected chi connectivity index (χ4v) is 0.755. The van der Waals surface area contributed by atoms with Crippen molar-refractivity contribution < 1.29 is 9.53 Å². The van der Waals surface area contributed by atoms with Crippen LogP contribution in [0.3, 0.4) is 0 Å². The molecule has 0 atom stereocenters. The van der Waals surface area contributed by atoms with Gasteiger partial charge in [0, 0.05) is 25.5 Å². The van der Waals surface area contributed by atoms with Gasteiger partial charge in [-0.3, -0.25) is 4.90 Å². The van der Waals surface area contributed by atoms with Crippen LogP contribution in [0.5, 0.6) is 0 Å². The number of methoxy groups -OCH3 is 1. The zero-order valence-corrected chi connectivity index (χ0v) is 5.83. The van der Waals surface area contributed by atoms with E-state index in [-0.39, 0.29) is 6.09 Å². The van der Waals surface area contributed by atoms with Gasteiger partial charge >= 0.3 is 6.09 Å². The van der Waals surface area contributed by atoms with Crippen LogP contribution in [-0.4, -0.2) is 31.2 Å². The molecule has 0 spiro atoms. The summed E-state index contributed by atoms with van der Waals surface area (Å²) in [4.78, 5) is 12.3. The quantitative estimate of drug-likeness (QED) is 0.522. The molecular weight excluding hydrogens is 132 g/mol. The van der Waals surface area contributed by atoms with E-state index in [9.17, 15) is 4.79 Å². The first-order chi connectivity index (χ1) is 4.84. The molecule has 0 unspecified atom stereocenters. The molecule has 1 aliphatic rings. The molecule has 1 aliphatic heterocycles. The maximum Gasteiger partial charge on any atom is 0.413 e. The summed E-state index contributed by atoms with van der Waals surface area (Å²) in [6.07, 6.45) is 3.08. The smallest absolute Gasteiger partial charge is 0.413 e. The van der Waals surface area contributed by atoms with E-state index < -0.39 is 0 Å². The van der Waals surface area contributed by atoms with Crippen molar-refractivity contribution in [2.75, 3.05) is 20.2 Å². The third kappa shape index (κ3) is 1.40. The predicted molar refractivity (Wildman–Crippen MR) is 36.3 cm³/mol. The molecule has 0 fully saturated rings. The minimum absolute atomic E-state index is 0.308. The summed E-state index contributed by atoms with van der Waals surface area (Å²) in [5.74, 6) is 0. The van der Waals surface area contributed by atoms with Crippen molar-refractivity contribution in [3.63, 3.8) is 0 Å². The molecule has 0 aliphatic carbocycles. The van der Waals surface area contributed by atoms with Crippen molar-refractivity contribution in [3.8, 4) is 0 Å². The van der Waals surface area contributed by atoms with Gasteiger partial charge in [0.15, 0.2) is 0 Å². The minimum atomic E-state index is -0.308. The molecule has 1 heterocycles. The van der Waals surface area contributed by atoms with Crippen LogP contribution in [0.15, 0.2) is 12.4 Å². The summed E-state index contributed by atoms with van der Waals surface area (Å²) >= 11 is 0. The fourth-order valence-electron chi connectivity index (χ4n) is 0.755. The standard InChI is InChI=1S/C6H10N2O2/c1-10-6(9)8-4-2-7-3-5-8/h2,4,7H,3,5H2,1H3. The van der Waals surface area contributed by atoms with E-state index in [0.717, 1.165) is 6.54 Å². The van der Waals surface area contributed by atoms with E-state index in [1.807, 2.05) is 0 Å². The molecule has 1 N–H and O–H groups in total. The van der Waals surface area contributed by atoms with Crippen molar-refractivity contribution in [1.29, 1.82) is 0 Å². The molecule has 56 valence electrons. The highest BCUT2D eigenvalue weighted by Crippen LogP contribution is 1.95. The minimum Gasteiger partial charge on any atom is -0.452 e. The molecule has 0 saturated heterocycles. The Morgan fingerprint density at radius 1 is 1.80 bits per heavy atom. The highest BCUT2D eigenvalue weighted by Gasteiger charge is 2.11. The molecule has 4 nitrogen and oxygen atoms in total. The topological polar surface area (TPSA) is 41.6 Å². The first-order valence-electron chi connectivity index (χ1n) is 3.09. The van der Waals surface area contributed by atoms with Gasteiger partial charge in [-0.1, -0.05) is 0 Å². The molecule has 0 saturated carbocycles. The van der Waals surface area contributed by atoms with Crippen molar-refractivity contribution in [2.24, 2.45) is 0 Å². The van der Waals surface area contributed by atoms with Crippen LogP contribution >= 0.6 is 0 Å². The summed E-state index contributed by atoms with van der Waals surface area (Å²) < 4.78 is 4.50. The van der Waals surface area contributed by atoms with Gasteiger partial charge in [0.1, 0.15) is 0 Å². The molecule has 10 heavy (non-hydrogen) atoms. The highest BCUT2D eigenvalue weighted by molar-refractivity contribution is 5.68. The second-order valence-electron chi connectivity index (χ2n) is 1.93. The molecule has 4 heteroatoms. The lowest BCUT2D eigenvalue weighted by atomic mass is 10.5. The Morgan fingerprint density at radius 2 is 2.60 bits per heavy atom. The number of nitrogens with zero attached hydrogens (tertiary/aromatic N) is 1. The molecule has 1 amide bonds. The number of ether oxygens (including phenoxy) is 1. The maximum atomic E-state index is 10.8. The van der Waals surface area contributed by atoms with Gasteiger partial charge in [-0.15, -0.1) is 0 Å². The molecule has 0 aromatic rings. The number of carbonyl (C=O) groups excluding carboxylic acids is 1. The third-order valence-electron chi connectivity index (χ3n) is 1.28. The van der Waals surface area contributed by atoms with Crippen LogP contribution in [0, 0.1) is 0 Å². The Labute approximate surface area is 59.5 Å². The van der Waals surface area contributed by atoms with Crippen LogP contribution in [0.1, 0.15) is 0 Å². The second-order valence-corrected chi connectivity index (χ2v) is 1.93. The second kappa shape index (κ2) is 3.10. The van der Waals surface area contributed by atoms with E-state index in [0.29, 0.717) is 6.54 Å². The first-order valence-corrected chi connectivity index (χ1v) is 3.09. The number of hydrogen-bond donors (Lipinski definition) is 1. The molecule has 0 aromatic heterocycles. The lowest BCUT2D eigenvalue weighted by Gasteiger charge is -2.19. The van der Waals surface area contributed by atoms with E-state index in [2.05, 4.69) is 10.1 Å². The van der Waals surface area contributed by atoms with Crippen molar-refractivity contribution in [3.05, 3.63) is 12.4 Å². The van der Waals surface area contributed by atoms with Gasteiger partial charge in [0.05, 0.1) is 7.11 Å². The van der Waals surface area contributed by atoms with Gasteiger partial charge in [0.2, 0.25) is 0 Å². The summed E-state index contributed by atoms with van der Waals surface area (Å²) in [6, 6.07) is 0. The van der Waals surface area contributed by atoms with Crippen LogP contribution in [0.25, 0.3) is 0 Å². The van der Waals surface area contributed by atoms with E-state index in [4.69, 9.17) is 0 Å². The van der Waals surface area contributed by atoms with Gasteiger partial charge in [-0.05, 0) is 0 Å². The largest absolute Gasteiger partial charge is 0.452 e. The number of hydrogen-bond acceptors (Lipinski definition) is 3. The van der Waals surface area contributed by atoms with Crippen molar-refractivity contribution in [1.82, 2.24) is 10.2 Å². The Bertz CT molecular complexity index is 156. The number of amides is 1. The lowest BCUT2D eigenvalue weighted by molar-refractivity contribution is 0.139. The van der Waals surface area contributed by atoms with Crippen LogP contribution in [0.4, 0.5) is 4.79 Å². The van der Waals surface area contributed by atoms with Crippen molar-refractivity contribution >= 4 is 6.09 Å². The Kier molecular flexibility index (Phi) is 2.15. The molecule has 0 aromatic carbocycles. The first kappa shape index (κ1) is 6.92. The normalized spacial score (nSPS) is 16.3. The van der Waals surface area contributed by atoms with E-state index >= 15 is 0 Å². The summed E-state index contributed by atoms with van der Waals surface area (Å²) in [5.41, 5.74) is 0. The molecule has 0 bridgehead atoms. The number of carbonyl (C=O) groups is 1. The zero-order valence-electron chi connectivity index (χ0n) is 5.83. The summed E-state index contributed by atoms with van der Waals surface area (Å²) in [7, 11) is 1.37. The predicted octanol–water partition coefficient (Wildman–Crippen LogP) is 0.129. The summed E-state index contributed by atoms with van der Waals surface area (Å²) in [5, 5.41) is 2.96. The van der Waals surface area contributed by atoms with Gasteiger partial charge in [-0.2, -0.15) is 0 Å². The molecule has 1 rings (SSSR count). The zero-order chi connectivity index (χ0) is 7.40. The van der Waals surface area contributed by atoms with Gasteiger partial charge in [0.25, 0.3) is 0 Å². The summed E-state index contributed by atoms with van der Waals surface area (Å²) in [6.45, 7) is 1.45. The fraction of sp³-hybridized carbons (Fsp3) is 0.500. The average Bonchev–Trinajstić information content (AvgIpc) is 2.05. The van der Waals surface area contributed by atoms with Crippen LogP contribution in [0.2, 0.25) is 0 Å². The third-order valence-corrected chi connectivity index (χ3v) is 1.28. The number of nitrogens with one attached hydrogen (secondary N) is 1. The van der Waals surface area contributed by atoms with E-state index in [1.54, 1.807) is 12.4 Å². The maximum absolute atomic E-state index is 10.8. The highest BCUT2D eigenvalue weighted by atomic mass is 16.5. The average molecular weight is 142 g/mol. The Hall–Kier alpha value is -1.19. The molecule has 0 radical (unpaired) electrons. The molecular formula is C6H10N2O2. The lowest BCUT2D eigenvalue weighted by Crippen LogP contribution is -2.35. The monoisotopic (exact) mass is 142 g/mol. The van der Waals surface area contributed by atoms with Gasteiger partial charge < -0.3 is 10.1 Å². The number of rotatable bonds is 0. The van der Waals surface area contributed by atoms with Crippen molar-refractivity contribution in [2.45, 2.75) is 0 Å². The van der Waals surface area contributed by atoms with Gasteiger partial charge in [-0.25, -0.2) is 4.79 Å². The Balaban J connectivity index is 2.46. The Morgan fingerprint density at radius 3 is 3.10 bits per heavy atom. The van der Waals surface area contributed by atoms with Crippen LogP contribution in [-0.2, 0) is 4.74 Å². The van der Waals surface area contributed by atoms with Crippen LogP contribution < -0.4 is 5.32 Å². The SMILES string of the molecule is COC(=O)N1C=CNCC1.